The van der Waals surface area contributed by atoms with Crippen LogP contribution in [-0.4, -0.2) is 47.0 Å². The molecule has 4 rings (SSSR count). The molecule has 1 N–H and O–H groups in total. The highest BCUT2D eigenvalue weighted by atomic mass is 16.5. The number of nitrogens with zero attached hydrogens (tertiary/aromatic N) is 2. The van der Waals surface area contributed by atoms with Gasteiger partial charge in [-0.25, -0.2) is 9.59 Å². The third kappa shape index (κ3) is 5.61. The zero-order valence-corrected chi connectivity index (χ0v) is 18.6. The molecule has 172 valence electrons. The molecule has 1 aliphatic heterocycles. The maximum absolute atomic E-state index is 13.1. The second-order valence-electron chi connectivity index (χ2n) is 8.38. The summed E-state index contributed by atoms with van der Waals surface area (Å²) in [7, 11) is 0. The normalized spacial score (nSPS) is 15.0. The zero-order chi connectivity index (χ0) is 23.0. The first-order valence-corrected chi connectivity index (χ1v) is 11.5. The summed E-state index contributed by atoms with van der Waals surface area (Å²) in [5.74, 6) is -0.495. The van der Waals surface area contributed by atoms with Gasteiger partial charge in [-0.05, 0) is 30.0 Å². The fourth-order valence-electron chi connectivity index (χ4n) is 4.28. The van der Waals surface area contributed by atoms with Crippen LogP contribution in [0.4, 0.5) is 4.79 Å². The number of carbonyl (C=O) groups excluding carboxylic acids is 3. The van der Waals surface area contributed by atoms with Gasteiger partial charge in [0.2, 0.25) is 6.41 Å². The lowest BCUT2D eigenvalue weighted by atomic mass is 10.0. The third-order valence-electron chi connectivity index (χ3n) is 6.06. The van der Waals surface area contributed by atoms with Crippen LogP contribution in [0.2, 0.25) is 0 Å². The molecular formula is C26H29N3O4. The van der Waals surface area contributed by atoms with Gasteiger partial charge in [0.25, 0.3) is 0 Å². The van der Waals surface area contributed by atoms with Crippen molar-refractivity contribution in [2.75, 3.05) is 13.1 Å². The molecule has 0 aliphatic carbocycles. The summed E-state index contributed by atoms with van der Waals surface area (Å²) in [4.78, 5) is 39.4. The van der Waals surface area contributed by atoms with Gasteiger partial charge in [0, 0.05) is 31.1 Å². The average Bonchev–Trinajstić information content (AvgIpc) is 3.00. The van der Waals surface area contributed by atoms with Gasteiger partial charge in [0.15, 0.2) is 0 Å². The summed E-state index contributed by atoms with van der Waals surface area (Å²) in [5, 5.41) is 3.78. The van der Waals surface area contributed by atoms with E-state index in [9.17, 15) is 14.4 Å². The van der Waals surface area contributed by atoms with Crippen LogP contribution in [0.1, 0.15) is 36.8 Å². The van der Waals surface area contributed by atoms with E-state index in [0.717, 1.165) is 54.1 Å². The number of urea groups is 1. The highest BCUT2D eigenvalue weighted by molar-refractivity contribution is 5.90. The Morgan fingerprint density at radius 2 is 1.67 bits per heavy atom. The number of nitrogens with one attached hydrogen (secondary N) is 1. The standard InChI is InChI=1S/C26H29N3O4/c30-19-29-17-21(22-12-6-7-13-24(22)29)16-23(25(31)33-18-20-10-4-3-5-11-20)27-26(32)28-14-8-1-2-9-15-28/h3-7,10-13,17,19,23H,1-2,8-9,14-16,18H2,(H,27,32). The zero-order valence-electron chi connectivity index (χ0n) is 18.6. The predicted molar refractivity (Wildman–Crippen MR) is 126 cm³/mol. The molecule has 2 aromatic carbocycles. The number of aromatic nitrogens is 1. The lowest BCUT2D eigenvalue weighted by Crippen LogP contribution is -2.49. The summed E-state index contributed by atoms with van der Waals surface area (Å²) in [6.07, 6.45) is 6.83. The summed E-state index contributed by atoms with van der Waals surface area (Å²) in [6.45, 7) is 1.50. The fourth-order valence-corrected chi connectivity index (χ4v) is 4.28. The molecule has 0 spiro atoms. The summed E-state index contributed by atoms with van der Waals surface area (Å²) < 4.78 is 7.07. The molecule has 1 aliphatic rings. The number of carbonyl (C=O) groups is 3. The summed E-state index contributed by atoms with van der Waals surface area (Å²) in [5.41, 5.74) is 2.44. The monoisotopic (exact) mass is 447 g/mol. The molecule has 33 heavy (non-hydrogen) atoms. The van der Waals surface area contributed by atoms with Gasteiger partial charge in [-0.3, -0.25) is 9.36 Å². The van der Waals surface area contributed by atoms with Crippen LogP contribution in [0.5, 0.6) is 0 Å². The first kappa shape index (κ1) is 22.6. The van der Waals surface area contributed by atoms with Crippen LogP contribution in [0.3, 0.4) is 0 Å². The number of benzene rings is 2. The van der Waals surface area contributed by atoms with Crippen LogP contribution in [-0.2, 0) is 27.4 Å². The van der Waals surface area contributed by atoms with E-state index in [1.54, 1.807) is 11.1 Å². The van der Waals surface area contributed by atoms with Crippen molar-refractivity contribution < 1.29 is 19.1 Å². The number of rotatable bonds is 7. The molecule has 1 saturated heterocycles. The van der Waals surface area contributed by atoms with Crippen LogP contribution in [0.15, 0.2) is 60.8 Å². The predicted octanol–water partition coefficient (Wildman–Crippen LogP) is 3.92. The smallest absolute Gasteiger partial charge is 0.329 e. The molecule has 3 aromatic rings. The van der Waals surface area contributed by atoms with Crippen molar-refractivity contribution in [3.8, 4) is 0 Å². The lowest BCUT2D eigenvalue weighted by Gasteiger charge is -2.24. The molecule has 2 amide bonds. The van der Waals surface area contributed by atoms with E-state index in [4.69, 9.17) is 4.74 Å². The second kappa shape index (κ2) is 10.8. The van der Waals surface area contributed by atoms with Crippen LogP contribution in [0, 0.1) is 0 Å². The molecule has 0 bridgehead atoms. The summed E-state index contributed by atoms with van der Waals surface area (Å²) >= 11 is 0. The van der Waals surface area contributed by atoms with Gasteiger partial charge in [-0.2, -0.15) is 0 Å². The Hall–Kier alpha value is -3.61. The Kier molecular flexibility index (Phi) is 7.40. The van der Waals surface area contributed by atoms with Crippen LogP contribution in [0.25, 0.3) is 10.9 Å². The van der Waals surface area contributed by atoms with Crippen molar-refractivity contribution in [2.24, 2.45) is 0 Å². The molecular weight excluding hydrogens is 418 g/mol. The lowest BCUT2D eigenvalue weighted by molar-refractivity contribution is -0.147. The molecule has 1 aromatic heterocycles. The molecule has 1 fully saturated rings. The van der Waals surface area contributed by atoms with Crippen molar-refractivity contribution in [1.82, 2.24) is 14.8 Å². The average molecular weight is 448 g/mol. The Bertz CT molecular complexity index is 1100. The van der Waals surface area contributed by atoms with Crippen molar-refractivity contribution >= 4 is 29.3 Å². The number of fused-ring (bicyclic) bond motifs is 1. The Labute approximate surface area is 193 Å². The van der Waals surface area contributed by atoms with Crippen LogP contribution >= 0.6 is 0 Å². The van der Waals surface area contributed by atoms with Gasteiger partial charge >= 0.3 is 12.0 Å². The maximum atomic E-state index is 13.1. The molecule has 1 atom stereocenters. The summed E-state index contributed by atoms with van der Waals surface area (Å²) in [6, 6.07) is 15.8. The van der Waals surface area contributed by atoms with Gasteiger partial charge in [-0.15, -0.1) is 0 Å². The minimum atomic E-state index is -0.865. The number of hydrogen-bond acceptors (Lipinski definition) is 4. The molecule has 0 radical (unpaired) electrons. The minimum Gasteiger partial charge on any atom is -0.459 e. The van der Waals surface area contributed by atoms with E-state index >= 15 is 0 Å². The molecule has 0 saturated carbocycles. The maximum Gasteiger partial charge on any atom is 0.329 e. The number of ether oxygens (including phenoxy) is 1. The van der Waals surface area contributed by atoms with Gasteiger partial charge < -0.3 is 15.0 Å². The highest BCUT2D eigenvalue weighted by Gasteiger charge is 2.27. The number of esters is 1. The molecule has 2 heterocycles. The number of para-hydroxylation sites is 1. The second-order valence-corrected chi connectivity index (χ2v) is 8.38. The van der Waals surface area contributed by atoms with E-state index in [2.05, 4.69) is 5.32 Å². The SMILES string of the molecule is O=Cn1cc(CC(NC(=O)N2CCCCCC2)C(=O)OCc2ccccc2)c2ccccc21. The first-order chi connectivity index (χ1) is 16.2. The fraction of sp³-hybridized carbons (Fsp3) is 0.346. The topological polar surface area (TPSA) is 80.6 Å². The first-order valence-electron chi connectivity index (χ1n) is 11.5. The van der Waals surface area contributed by atoms with E-state index in [1.807, 2.05) is 54.6 Å². The van der Waals surface area contributed by atoms with Crippen LogP contribution < -0.4 is 5.32 Å². The van der Waals surface area contributed by atoms with Crippen molar-refractivity contribution in [1.29, 1.82) is 0 Å². The largest absolute Gasteiger partial charge is 0.459 e. The van der Waals surface area contributed by atoms with Crippen molar-refractivity contribution in [3.63, 3.8) is 0 Å². The Balaban J connectivity index is 1.54. The highest BCUT2D eigenvalue weighted by Crippen LogP contribution is 2.22. The quantitative estimate of drug-likeness (QED) is 0.440. The van der Waals surface area contributed by atoms with Crippen molar-refractivity contribution in [2.45, 2.75) is 44.8 Å². The number of likely N-dealkylation sites (tertiary alicyclic amines) is 1. The Morgan fingerprint density at radius 3 is 2.39 bits per heavy atom. The molecule has 7 nitrogen and oxygen atoms in total. The van der Waals surface area contributed by atoms with Gasteiger partial charge in [0.05, 0.1) is 5.52 Å². The minimum absolute atomic E-state index is 0.131. The Morgan fingerprint density at radius 1 is 0.970 bits per heavy atom. The van der Waals surface area contributed by atoms with E-state index < -0.39 is 12.0 Å². The van der Waals surface area contributed by atoms with Crippen molar-refractivity contribution in [3.05, 3.63) is 71.9 Å². The van der Waals surface area contributed by atoms with Gasteiger partial charge in [0.1, 0.15) is 12.6 Å². The molecule has 7 heteroatoms. The van der Waals surface area contributed by atoms with E-state index in [1.165, 1.54) is 4.57 Å². The third-order valence-corrected chi connectivity index (χ3v) is 6.06. The van der Waals surface area contributed by atoms with Gasteiger partial charge in [-0.1, -0.05) is 61.4 Å². The van der Waals surface area contributed by atoms with E-state index in [-0.39, 0.29) is 19.1 Å². The number of hydrogen-bond donors (Lipinski definition) is 1. The molecule has 1 unspecified atom stereocenters. The van der Waals surface area contributed by atoms with E-state index in [0.29, 0.717) is 13.1 Å². The number of amides is 2.